The minimum absolute atomic E-state index is 0.648. The molecule has 296 valence electrons. The molecule has 19 atom stereocenters. The van der Waals surface area contributed by atoms with Gasteiger partial charge in [-0.25, -0.2) is 0 Å². The van der Waals surface area contributed by atoms with Crippen LogP contribution in [0.5, 0.6) is 0 Å². The molecule has 12 N–H and O–H groups in total. The molecule has 23 heteroatoms. The van der Waals surface area contributed by atoms with Crippen LogP contribution >= 0.6 is 0 Å². The summed E-state index contributed by atoms with van der Waals surface area (Å²) in [5.74, 6) is -4.27. The van der Waals surface area contributed by atoms with Gasteiger partial charge in [-0.3, -0.25) is 9.59 Å². The van der Waals surface area contributed by atoms with E-state index < -0.39 is 161 Å². The van der Waals surface area contributed by atoms with Crippen molar-refractivity contribution < 1.29 is 113 Å². The molecule has 0 saturated carbocycles. The first kappa shape index (κ1) is 41.9. The molecule has 4 rings (SSSR count). The fourth-order valence-electron chi connectivity index (χ4n) is 5.94. The van der Waals surface area contributed by atoms with Crippen molar-refractivity contribution in [3.8, 4) is 0 Å². The Kier molecular flexibility index (Phi) is 14.4. The summed E-state index contributed by atoms with van der Waals surface area (Å²) in [4.78, 5) is 23.1. The van der Waals surface area contributed by atoms with E-state index in [2.05, 4.69) is 0 Å². The highest BCUT2D eigenvalue weighted by Gasteiger charge is 2.61. The lowest BCUT2D eigenvalue weighted by molar-refractivity contribution is -0.421. The largest absolute Gasteiger partial charge is 0.463 e. The number of aliphatic hydroxyl groups excluding tert-OH is 12. The second kappa shape index (κ2) is 17.5. The summed E-state index contributed by atoms with van der Waals surface area (Å²) in [6.07, 6.45) is -34.3. The van der Waals surface area contributed by atoms with E-state index in [1.165, 1.54) is 0 Å². The lowest BCUT2D eigenvalue weighted by Gasteiger charge is -2.50. The number of carbonyl (C=O) groups is 2. The summed E-state index contributed by atoms with van der Waals surface area (Å²) >= 11 is 0. The van der Waals surface area contributed by atoms with Crippen LogP contribution in [-0.4, -0.2) is 222 Å². The highest BCUT2D eigenvalue weighted by atomic mass is 16.8. The molecular formula is C28H46O23. The van der Waals surface area contributed by atoms with Crippen LogP contribution < -0.4 is 0 Å². The molecule has 4 heterocycles. The third-order valence-electron chi connectivity index (χ3n) is 8.84. The Morgan fingerprint density at radius 3 is 1.47 bits per heavy atom. The zero-order valence-corrected chi connectivity index (χ0v) is 27.3. The van der Waals surface area contributed by atoms with E-state index in [1.54, 1.807) is 0 Å². The number of carbonyl (C=O) groups excluding carboxylic acids is 2. The summed E-state index contributed by atoms with van der Waals surface area (Å²) in [7, 11) is 0. The van der Waals surface area contributed by atoms with E-state index in [9.17, 15) is 70.9 Å². The highest BCUT2D eigenvalue weighted by molar-refractivity contribution is 5.66. The molecule has 0 unspecified atom stereocenters. The number of esters is 2. The molecule has 4 fully saturated rings. The van der Waals surface area contributed by atoms with Crippen molar-refractivity contribution in [3.63, 3.8) is 0 Å². The van der Waals surface area contributed by atoms with Crippen molar-refractivity contribution in [1.29, 1.82) is 0 Å². The van der Waals surface area contributed by atoms with Gasteiger partial charge in [0.05, 0.1) is 13.2 Å². The fraction of sp³-hybridized carbons (Fsp3) is 0.929. The van der Waals surface area contributed by atoms with E-state index in [1.807, 2.05) is 0 Å². The monoisotopic (exact) mass is 750 g/mol. The second-order valence-electron chi connectivity index (χ2n) is 12.4. The molecule has 23 nitrogen and oxygen atoms in total. The number of aliphatic hydroxyl groups is 12. The molecule has 0 aliphatic carbocycles. The molecule has 4 aliphatic heterocycles. The Bertz CT molecular complexity index is 1150. The minimum atomic E-state index is -2.62. The van der Waals surface area contributed by atoms with Gasteiger partial charge in [-0.05, 0) is 0 Å². The third kappa shape index (κ3) is 8.94. The van der Waals surface area contributed by atoms with Crippen LogP contribution in [0.4, 0.5) is 0 Å². The van der Waals surface area contributed by atoms with E-state index in [0.29, 0.717) is 0 Å². The van der Waals surface area contributed by atoms with Gasteiger partial charge in [-0.15, -0.1) is 0 Å². The van der Waals surface area contributed by atoms with Crippen LogP contribution in [0.25, 0.3) is 0 Å². The smallest absolute Gasteiger partial charge is 0.302 e. The van der Waals surface area contributed by atoms with Gasteiger partial charge < -0.3 is 104 Å². The summed E-state index contributed by atoms with van der Waals surface area (Å²) in [5.41, 5.74) is 0. The zero-order chi connectivity index (χ0) is 37.9. The van der Waals surface area contributed by atoms with Crippen molar-refractivity contribution in [2.45, 2.75) is 130 Å². The summed E-state index contributed by atoms with van der Waals surface area (Å²) in [6, 6.07) is 0. The van der Waals surface area contributed by atoms with Crippen molar-refractivity contribution in [2.24, 2.45) is 0 Å². The van der Waals surface area contributed by atoms with Gasteiger partial charge in [0.25, 0.3) is 0 Å². The average molecular weight is 751 g/mol. The van der Waals surface area contributed by atoms with Gasteiger partial charge in [0, 0.05) is 13.8 Å². The summed E-state index contributed by atoms with van der Waals surface area (Å²) in [5, 5.41) is 126. The average Bonchev–Trinajstić information content (AvgIpc) is 3.34. The van der Waals surface area contributed by atoms with Crippen molar-refractivity contribution in [3.05, 3.63) is 0 Å². The maximum absolute atomic E-state index is 11.7. The first-order chi connectivity index (χ1) is 24.0. The maximum atomic E-state index is 11.7. The van der Waals surface area contributed by atoms with Gasteiger partial charge in [0.2, 0.25) is 5.79 Å². The Labute approximate surface area is 288 Å². The maximum Gasteiger partial charge on any atom is 0.302 e. The normalized spacial score (nSPS) is 47.6. The topological polar surface area (TPSA) is 360 Å². The molecule has 0 radical (unpaired) electrons. The Morgan fingerprint density at radius 2 is 1.00 bits per heavy atom. The summed E-state index contributed by atoms with van der Waals surface area (Å²) < 4.78 is 49.6. The first-order valence-corrected chi connectivity index (χ1v) is 15.8. The molecule has 0 bridgehead atoms. The van der Waals surface area contributed by atoms with Crippen LogP contribution in [0.2, 0.25) is 0 Å². The standard InChI is InChI=1S/C28H46O23/c1-8(32)43-5-12-15(35)19(39)21(41)26(46-12)48-22-16(36)13(6-44-9(2)33)47-27(51-28(7-31)24(42)17(37)11(4-30)50-28)23(22)49-25-20(40)18(38)14(34)10(3-29)45-25/h10-27,29-31,34-42H,3-7H2,1-2H3/t10-,11-,12-,13-,14-,15-,16-,17-,18+,19+,20-,21-,22+,23-,24+,25+,26+,27-,28+/m1/s1. The highest BCUT2D eigenvalue weighted by Crippen LogP contribution is 2.39. The van der Waals surface area contributed by atoms with E-state index in [0.717, 1.165) is 13.8 Å². The molecule has 0 aromatic heterocycles. The van der Waals surface area contributed by atoms with Crippen LogP contribution in [0.3, 0.4) is 0 Å². The van der Waals surface area contributed by atoms with Gasteiger partial charge >= 0.3 is 11.9 Å². The van der Waals surface area contributed by atoms with Crippen molar-refractivity contribution >= 4 is 11.9 Å². The molecule has 0 aromatic rings. The van der Waals surface area contributed by atoms with Crippen LogP contribution in [0, 0.1) is 0 Å². The van der Waals surface area contributed by atoms with E-state index >= 15 is 0 Å². The van der Waals surface area contributed by atoms with Crippen LogP contribution in [0.1, 0.15) is 13.8 Å². The first-order valence-electron chi connectivity index (χ1n) is 15.8. The molecule has 0 amide bonds. The second-order valence-corrected chi connectivity index (χ2v) is 12.4. The van der Waals surface area contributed by atoms with Crippen molar-refractivity contribution in [1.82, 2.24) is 0 Å². The van der Waals surface area contributed by atoms with Gasteiger partial charge in [0.1, 0.15) is 111 Å². The Hall–Kier alpha value is -1.82. The van der Waals surface area contributed by atoms with E-state index in [-0.39, 0.29) is 0 Å². The van der Waals surface area contributed by atoms with Gasteiger partial charge in [-0.2, -0.15) is 0 Å². The fourth-order valence-corrected chi connectivity index (χ4v) is 5.94. The molecule has 0 aromatic carbocycles. The lowest BCUT2D eigenvalue weighted by Crippen LogP contribution is -2.68. The lowest BCUT2D eigenvalue weighted by atomic mass is 9.95. The molecular weight excluding hydrogens is 704 g/mol. The summed E-state index contributed by atoms with van der Waals surface area (Å²) in [6.45, 7) is -2.34. The van der Waals surface area contributed by atoms with Crippen LogP contribution in [0.15, 0.2) is 0 Å². The minimum Gasteiger partial charge on any atom is -0.463 e. The Morgan fingerprint density at radius 1 is 0.549 bits per heavy atom. The molecule has 4 aliphatic rings. The van der Waals surface area contributed by atoms with Crippen LogP contribution in [-0.2, 0) is 52.2 Å². The van der Waals surface area contributed by atoms with Gasteiger partial charge in [-0.1, -0.05) is 0 Å². The molecule has 51 heavy (non-hydrogen) atoms. The predicted molar refractivity (Wildman–Crippen MR) is 153 cm³/mol. The number of ether oxygens (including phenoxy) is 9. The van der Waals surface area contributed by atoms with E-state index in [4.69, 9.17) is 42.6 Å². The zero-order valence-electron chi connectivity index (χ0n) is 27.3. The quantitative estimate of drug-likeness (QED) is 0.0777. The SMILES string of the molecule is CC(=O)OC[C@H]1O[C@@H](O[C@H]2[C@H](O)[C@@H](COC(C)=O)O[C@H](O[C@]3(CO)O[C@H](CO)[C@@H](O)[C@@H]3O)[C@@H]2O[C@@H]2O[C@H](CO)[C@@H](O)[C@H](O)[C@H]2O)[C@H](O)[C@@H](O)[C@@H]1O. The third-order valence-corrected chi connectivity index (χ3v) is 8.84. The number of hydrogen-bond donors (Lipinski definition) is 12. The van der Waals surface area contributed by atoms with Gasteiger partial charge in [0.15, 0.2) is 18.9 Å². The number of rotatable bonds is 13. The predicted octanol–water partition coefficient (Wildman–Crippen LogP) is -8.61. The number of hydrogen-bond acceptors (Lipinski definition) is 23. The molecule has 0 spiro atoms. The van der Waals surface area contributed by atoms with Crippen molar-refractivity contribution in [2.75, 3.05) is 33.0 Å². The molecule has 4 saturated heterocycles. The Balaban J connectivity index is 1.76.